The van der Waals surface area contributed by atoms with Gasteiger partial charge >= 0.3 is 0 Å². The van der Waals surface area contributed by atoms with Crippen LogP contribution in [0.5, 0.6) is 0 Å². The van der Waals surface area contributed by atoms with Crippen LogP contribution >= 0.6 is 12.4 Å². The van der Waals surface area contributed by atoms with Crippen molar-refractivity contribution in [3.63, 3.8) is 0 Å². The molecule has 2 nitrogen and oxygen atoms in total. The molecular formula is C8H9ClO2. The third-order valence-corrected chi connectivity index (χ3v) is 1.22. The molecule has 0 aromatic rings. The van der Waals surface area contributed by atoms with E-state index >= 15 is 0 Å². The lowest BCUT2D eigenvalue weighted by Gasteiger charge is -2.10. The maximum Gasteiger partial charge on any atom is 0.300 e. The van der Waals surface area contributed by atoms with Crippen LogP contribution in [0.3, 0.4) is 0 Å². The minimum atomic E-state index is -0.833. The van der Waals surface area contributed by atoms with Gasteiger partial charge in [0, 0.05) is 6.92 Å². The van der Waals surface area contributed by atoms with E-state index in [9.17, 15) is 0 Å². The Hall–Kier alpha value is -1.02. The van der Waals surface area contributed by atoms with Crippen LogP contribution in [-0.2, 0) is 4.79 Å². The van der Waals surface area contributed by atoms with Crippen LogP contribution in [0.15, 0.2) is 24.3 Å². The molecule has 0 aromatic heterocycles. The molecule has 0 fully saturated rings. The molecule has 0 heterocycles. The van der Waals surface area contributed by atoms with Crippen molar-refractivity contribution in [2.45, 2.75) is 6.92 Å². The number of halogens is 1. The quantitative estimate of drug-likeness (QED) is 0.662. The summed E-state index contributed by atoms with van der Waals surface area (Å²) in [5.74, 6) is -0.833. The molecular weight excluding hydrogens is 164 g/mol. The fraction of sp³-hybridized carbons (Fsp3) is 0.125. The first kappa shape index (κ1) is 9.98. The van der Waals surface area contributed by atoms with Crippen molar-refractivity contribution in [2.24, 2.45) is 0 Å². The van der Waals surface area contributed by atoms with Crippen LogP contribution in [-0.4, -0.2) is 11.1 Å². The van der Waals surface area contributed by atoms with Gasteiger partial charge in [-0.25, -0.2) is 0 Å². The number of hydrogen-bond donors (Lipinski definition) is 1. The molecule has 3 heteroatoms. The van der Waals surface area contributed by atoms with E-state index in [1.54, 1.807) is 0 Å². The van der Waals surface area contributed by atoms with Gasteiger partial charge in [-0.2, -0.15) is 0 Å². The Bertz CT molecular complexity index is 216. The van der Waals surface area contributed by atoms with Gasteiger partial charge in [0.2, 0.25) is 0 Å². The van der Waals surface area contributed by atoms with E-state index in [2.05, 4.69) is 24.3 Å². The topological polar surface area (TPSA) is 37.3 Å². The normalized spacial score (nSPS) is 8.45. The summed E-state index contributed by atoms with van der Waals surface area (Å²) in [7, 11) is 0. The zero-order chi connectivity index (χ0) is 7.56. The number of rotatable bonds is 0. The molecule has 2 rings (SSSR count). The molecule has 60 valence electrons. The molecule has 0 aliphatic heterocycles. The maximum atomic E-state index is 9.00. The first-order chi connectivity index (χ1) is 4.70. The molecule has 0 atom stereocenters. The van der Waals surface area contributed by atoms with Crippen molar-refractivity contribution < 1.29 is 9.90 Å². The minimum Gasteiger partial charge on any atom is -0.481 e. The second-order valence-corrected chi connectivity index (χ2v) is 2.10. The smallest absolute Gasteiger partial charge is 0.300 e. The van der Waals surface area contributed by atoms with Gasteiger partial charge in [0.1, 0.15) is 0 Å². The summed E-state index contributed by atoms with van der Waals surface area (Å²) < 4.78 is 0. The average Bonchev–Trinajstić information content (AvgIpc) is 1.77. The Balaban J connectivity index is 0.000000183. The van der Waals surface area contributed by atoms with Gasteiger partial charge in [-0.05, 0) is 11.1 Å². The summed E-state index contributed by atoms with van der Waals surface area (Å²) in [4.78, 5) is 9.00. The Morgan fingerprint density at radius 3 is 1.36 bits per heavy atom. The molecule has 0 saturated carbocycles. The molecule has 0 saturated heterocycles. The molecule has 0 aromatic carbocycles. The Morgan fingerprint density at radius 1 is 1.18 bits per heavy atom. The standard InChI is InChI=1S/C6H4.C2H4O2.ClH/c1-2-6-4-3-5(1)6;1-2(3)4;/h1-4H;1H3,(H,3,4);1H. The van der Waals surface area contributed by atoms with Gasteiger partial charge in [0.15, 0.2) is 0 Å². The van der Waals surface area contributed by atoms with Crippen molar-refractivity contribution in [2.75, 3.05) is 0 Å². The van der Waals surface area contributed by atoms with Crippen LogP contribution in [0.4, 0.5) is 0 Å². The van der Waals surface area contributed by atoms with E-state index in [0.717, 1.165) is 6.92 Å². The van der Waals surface area contributed by atoms with Gasteiger partial charge in [0.25, 0.3) is 5.97 Å². The summed E-state index contributed by atoms with van der Waals surface area (Å²) in [5, 5.41) is 7.42. The van der Waals surface area contributed by atoms with Crippen LogP contribution in [0, 0.1) is 0 Å². The SMILES string of the molecule is CC(=O)O.Cl.c1cc2ccc1-2. The second kappa shape index (κ2) is 3.98. The third-order valence-electron chi connectivity index (χ3n) is 1.22. The van der Waals surface area contributed by atoms with E-state index < -0.39 is 5.97 Å². The van der Waals surface area contributed by atoms with Gasteiger partial charge in [0.05, 0.1) is 0 Å². The molecule has 0 bridgehead atoms. The van der Waals surface area contributed by atoms with Gasteiger partial charge in [-0.1, -0.05) is 24.3 Å². The molecule has 0 spiro atoms. The highest BCUT2D eigenvalue weighted by molar-refractivity contribution is 5.85. The Labute approximate surface area is 71.3 Å². The number of fused-ring (bicyclic) bond motifs is 1. The number of hydrogen-bond acceptors (Lipinski definition) is 1. The molecule has 0 unspecified atom stereocenters. The van der Waals surface area contributed by atoms with Gasteiger partial charge in [-0.3, -0.25) is 4.79 Å². The van der Waals surface area contributed by atoms with Crippen LogP contribution in [0.25, 0.3) is 11.1 Å². The summed E-state index contributed by atoms with van der Waals surface area (Å²) in [6.07, 6.45) is 0. The van der Waals surface area contributed by atoms with E-state index in [4.69, 9.17) is 9.90 Å². The molecule has 1 N–H and O–H groups in total. The lowest BCUT2D eigenvalue weighted by atomic mass is 9.95. The summed E-state index contributed by atoms with van der Waals surface area (Å²) >= 11 is 0. The van der Waals surface area contributed by atoms with E-state index in [1.807, 2.05) is 0 Å². The van der Waals surface area contributed by atoms with Crippen LogP contribution in [0.2, 0.25) is 0 Å². The van der Waals surface area contributed by atoms with E-state index in [-0.39, 0.29) is 12.4 Å². The van der Waals surface area contributed by atoms with Gasteiger partial charge in [-0.15, -0.1) is 12.4 Å². The van der Waals surface area contributed by atoms with Crippen molar-refractivity contribution in [3.8, 4) is 11.1 Å². The molecule has 0 amide bonds. The summed E-state index contributed by atoms with van der Waals surface area (Å²) in [5.41, 5.74) is 2.85. The van der Waals surface area contributed by atoms with E-state index in [0.29, 0.717) is 0 Å². The zero-order valence-electron chi connectivity index (χ0n) is 6.07. The number of carboxylic acid groups (broad SMARTS) is 1. The van der Waals surface area contributed by atoms with Gasteiger partial charge < -0.3 is 5.11 Å². The van der Waals surface area contributed by atoms with Crippen LogP contribution in [0.1, 0.15) is 6.92 Å². The lowest BCUT2D eigenvalue weighted by molar-refractivity contribution is -0.134. The Kier molecular flexibility index (Phi) is 3.61. The highest BCUT2D eigenvalue weighted by Crippen LogP contribution is 2.29. The summed E-state index contributed by atoms with van der Waals surface area (Å²) in [6, 6.07) is 8.48. The van der Waals surface area contributed by atoms with Crippen molar-refractivity contribution >= 4 is 18.4 Å². The predicted molar refractivity (Wildman–Crippen MR) is 46.0 cm³/mol. The molecule has 0 radical (unpaired) electrons. The molecule has 11 heavy (non-hydrogen) atoms. The highest BCUT2D eigenvalue weighted by Gasteiger charge is 2.03. The fourth-order valence-electron chi connectivity index (χ4n) is 0.663. The zero-order valence-corrected chi connectivity index (χ0v) is 6.89. The number of carboxylic acids is 1. The minimum absolute atomic E-state index is 0. The molecule has 2 aliphatic rings. The second-order valence-electron chi connectivity index (χ2n) is 2.10. The predicted octanol–water partition coefficient (Wildman–Crippen LogP) is 2.18. The summed E-state index contributed by atoms with van der Waals surface area (Å²) in [6.45, 7) is 1.08. The molecule has 2 aliphatic carbocycles. The number of aliphatic carboxylic acids is 1. The highest BCUT2D eigenvalue weighted by atomic mass is 35.5. The lowest BCUT2D eigenvalue weighted by Crippen LogP contribution is -1.85. The third kappa shape index (κ3) is 2.60. The van der Waals surface area contributed by atoms with Crippen molar-refractivity contribution in [3.05, 3.63) is 24.3 Å². The van der Waals surface area contributed by atoms with E-state index in [1.165, 1.54) is 11.1 Å². The average molecular weight is 173 g/mol. The Morgan fingerprint density at radius 2 is 1.36 bits per heavy atom. The number of carbonyl (C=O) groups is 1. The van der Waals surface area contributed by atoms with Crippen molar-refractivity contribution in [1.29, 1.82) is 0 Å². The van der Waals surface area contributed by atoms with Crippen molar-refractivity contribution in [1.82, 2.24) is 0 Å². The number of benzene rings is 1. The maximum absolute atomic E-state index is 9.00. The monoisotopic (exact) mass is 172 g/mol. The first-order valence-electron chi connectivity index (χ1n) is 3.00. The first-order valence-corrected chi connectivity index (χ1v) is 3.00. The largest absolute Gasteiger partial charge is 0.481 e. The fourth-order valence-corrected chi connectivity index (χ4v) is 0.663. The van der Waals surface area contributed by atoms with Crippen LogP contribution < -0.4 is 0 Å².